The van der Waals surface area contributed by atoms with Crippen LogP contribution < -0.4 is 5.73 Å². The smallest absolute Gasteiger partial charge is 0.00565 e. The zero-order valence-corrected chi connectivity index (χ0v) is 11.2. The van der Waals surface area contributed by atoms with E-state index in [1.165, 1.54) is 62.9 Å². The molecule has 1 aliphatic carbocycles. The van der Waals surface area contributed by atoms with E-state index < -0.39 is 0 Å². The Morgan fingerprint density at radius 1 is 1.00 bits per heavy atom. The predicted octanol–water partition coefficient (Wildman–Crippen LogP) is 2.22. The number of fused-ring (bicyclic) bond motifs is 1. The topological polar surface area (TPSA) is 29.3 Å². The quantitative estimate of drug-likeness (QED) is 0.883. The van der Waals surface area contributed by atoms with Crippen molar-refractivity contribution in [2.75, 3.05) is 26.2 Å². The standard InChI is InChI=1S/C16H24N2/c17-12-16(13-18-8-4-1-5-9-18)10-14-6-2-3-7-15(14)11-16/h2-3,6-7H,1,4-5,8-13,17H2. The molecule has 2 N–H and O–H groups in total. The number of piperidine rings is 1. The van der Waals surface area contributed by atoms with Crippen LogP contribution in [-0.4, -0.2) is 31.1 Å². The fourth-order valence-corrected chi connectivity index (χ4v) is 3.69. The fourth-order valence-electron chi connectivity index (χ4n) is 3.69. The first-order valence-electron chi connectivity index (χ1n) is 7.31. The molecule has 0 bridgehead atoms. The van der Waals surface area contributed by atoms with Crippen LogP contribution in [0.25, 0.3) is 0 Å². The van der Waals surface area contributed by atoms with Crippen molar-refractivity contribution in [2.24, 2.45) is 11.1 Å². The van der Waals surface area contributed by atoms with Gasteiger partial charge in [-0.25, -0.2) is 0 Å². The van der Waals surface area contributed by atoms with E-state index in [2.05, 4.69) is 29.2 Å². The molecule has 0 amide bonds. The Balaban J connectivity index is 1.73. The monoisotopic (exact) mass is 244 g/mol. The maximum atomic E-state index is 6.14. The van der Waals surface area contributed by atoms with Crippen LogP contribution >= 0.6 is 0 Å². The van der Waals surface area contributed by atoms with Crippen LogP contribution in [0.3, 0.4) is 0 Å². The molecular formula is C16H24N2. The van der Waals surface area contributed by atoms with Gasteiger partial charge in [0.05, 0.1) is 0 Å². The maximum absolute atomic E-state index is 6.14. The number of benzene rings is 1. The molecule has 1 heterocycles. The van der Waals surface area contributed by atoms with E-state index in [0.717, 1.165) is 6.54 Å². The van der Waals surface area contributed by atoms with Crippen LogP contribution in [0.2, 0.25) is 0 Å². The summed E-state index contributed by atoms with van der Waals surface area (Å²) in [5.74, 6) is 0. The molecular weight excluding hydrogens is 220 g/mol. The molecule has 2 heteroatoms. The highest BCUT2D eigenvalue weighted by Crippen LogP contribution is 2.37. The van der Waals surface area contributed by atoms with Gasteiger partial charge in [-0.15, -0.1) is 0 Å². The first-order chi connectivity index (χ1) is 8.81. The first-order valence-corrected chi connectivity index (χ1v) is 7.31. The lowest BCUT2D eigenvalue weighted by atomic mass is 9.83. The Morgan fingerprint density at radius 2 is 1.61 bits per heavy atom. The van der Waals surface area contributed by atoms with Gasteiger partial charge in [0.25, 0.3) is 0 Å². The second-order valence-corrected chi connectivity index (χ2v) is 6.16. The SMILES string of the molecule is NCC1(CN2CCCCC2)Cc2ccccc2C1. The number of nitrogens with zero attached hydrogens (tertiary/aromatic N) is 1. The summed E-state index contributed by atoms with van der Waals surface area (Å²) in [6.07, 6.45) is 6.50. The van der Waals surface area contributed by atoms with Crippen molar-refractivity contribution in [1.29, 1.82) is 0 Å². The summed E-state index contributed by atoms with van der Waals surface area (Å²) in [6, 6.07) is 8.88. The van der Waals surface area contributed by atoms with Crippen LogP contribution in [0.15, 0.2) is 24.3 Å². The summed E-state index contributed by atoms with van der Waals surface area (Å²) in [5, 5.41) is 0. The molecule has 2 aliphatic rings. The molecule has 0 atom stereocenters. The molecule has 2 nitrogen and oxygen atoms in total. The van der Waals surface area contributed by atoms with Crippen LogP contribution in [0, 0.1) is 5.41 Å². The summed E-state index contributed by atoms with van der Waals surface area (Å²) in [7, 11) is 0. The normalized spacial score (nSPS) is 22.9. The summed E-state index contributed by atoms with van der Waals surface area (Å²) >= 11 is 0. The van der Waals surface area contributed by atoms with E-state index in [4.69, 9.17) is 5.73 Å². The van der Waals surface area contributed by atoms with E-state index in [0.29, 0.717) is 5.41 Å². The molecule has 1 saturated heterocycles. The molecule has 0 radical (unpaired) electrons. The van der Waals surface area contributed by atoms with Crippen molar-refractivity contribution in [3.63, 3.8) is 0 Å². The Labute approximate surface area is 110 Å². The van der Waals surface area contributed by atoms with Gasteiger partial charge in [0.15, 0.2) is 0 Å². The van der Waals surface area contributed by atoms with Gasteiger partial charge in [-0.1, -0.05) is 30.7 Å². The van der Waals surface area contributed by atoms with E-state index in [9.17, 15) is 0 Å². The van der Waals surface area contributed by atoms with Gasteiger partial charge in [-0.3, -0.25) is 0 Å². The van der Waals surface area contributed by atoms with Gasteiger partial charge < -0.3 is 10.6 Å². The third kappa shape index (κ3) is 2.32. The van der Waals surface area contributed by atoms with Gasteiger partial charge >= 0.3 is 0 Å². The van der Waals surface area contributed by atoms with Gasteiger partial charge in [0, 0.05) is 12.0 Å². The van der Waals surface area contributed by atoms with Crippen molar-refractivity contribution in [3.8, 4) is 0 Å². The van der Waals surface area contributed by atoms with E-state index in [1.54, 1.807) is 0 Å². The molecule has 0 spiro atoms. The highest BCUT2D eigenvalue weighted by Gasteiger charge is 2.37. The highest BCUT2D eigenvalue weighted by molar-refractivity contribution is 5.34. The van der Waals surface area contributed by atoms with E-state index in [-0.39, 0.29) is 0 Å². The number of hydrogen-bond acceptors (Lipinski definition) is 2. The predicted molar refractivity (Wildman–Crippen MR) is 75.6 cm³/mol. The summed E-state index contributed by atoms with van der Waals surface area (Å²) < 4.78 is 0. The van der Waals surface area contributed by atoms with E-state index >= 15 is 0 Å². The summed E-state index contributed by atoms with van der Waals surface area (Å²) in [4.78, 5) is 2.64. The third-order valence-electron chi connectivity index (χ3n) is 4.69. The lowest BCUT2D eigenvalue weighted by Gasteiger charge is -2.36. The van der Waals surface area contributed by atoms with Crippen LogP contribution in [-0.2, 0) is 12.8 Å². The molecule has 1 aromatic rings. The minimum absolute atomic E-state index is 0.307. The lowest BCUT2D eigenvalue weighted by molar-refractivity contribution is 0.139. The number of hydrogen-bond donors (Lipinski definition) is 1. The van der Waals surface area contributed by atoms with Crippen molar-refractivity contribution >= 4 is 0 Å². The second-order valence-electron chi connectivity index (χ2n) is 6.16. The molecule has 98 valence electrons. The van der Waals surface area contributed by atoms with Gasteiger partial charge in [-0.2, -0.15) is 0 Å². The second kappa shape index (κ2) is 5.02. The summed E-state index contributed by atoms with van der Waals surface area (Å²) in [5.41, 5.74) is 9.50. The van der Waals surface area contributed by atoms with Crippen molar-refractivity contribution in [3.05, 3.63) is 35.4 Å². The third-order valence-corrected chi connectivity index (χ3v) is 4.69. The number of rotatable bonds is 3. The van der Waals surface area contributed by atoms with Crippen molar-refractivity contribution < 1.29 is 0 Å². The first kappa shape index (κ1) is 12.2. The fraction of sp³-hybridized carbons (Fsp3) is 0.625. The van der Waals surface area contributed by atoms with Crippen molar-refractivity contribution in [2.45, 2.75) is 32.1 Å². The van der Waals surface area contributed by atoms with Gasteiger partial charge in [0.2, 0.25) is 0 Å². The van der Waals surface area contributed by atoms with Gasteiger partial charge in [0.1, 0.15) is 0 Å². The van der Waals surface area contributed by atoms with Crippen LogP contribution in [0.1, 0.15) is 30.4 Å². The molecule has 0 unspecified atom stereocenters. The van der Waals surface area contributed by atoms with Crippen LogP contribution in [0.5, 0.6) is 0 Å². The van der Waals surface area contributed by atoms with Gasteiger partial charge in [-0.05, 0) is 56.4 Å². The minimum atomic E-state index is 0.307. The van der Waals surface area contributed by atoms with E-state index in [1.807, 2.05) is 0 Å². The Kier molecular flexibility index (Phi) is 3.40. The Hall–Kier alpha value is -0.860. The minimum Gasteiger partial charge on any atom is -0.330 e. The molecule has 0 saturated carbocycles. The Bertz CT molecular complexity index is 382. The zero-order valence-electron chi connectivity index (χ0n) is 11.2. The highest BCUT2D eigenvalue weighted by atomic mass is 15.1. The lowest BCUT2D eigenvalue weighted by Crippen LogP contribution is -2.45. The average Bonchev–Trinajstić information content (AvgIpc) is 2.78. The molecule has 1 aromatic carbocycles. The summed E-state index contributed by atoms with van der Waals surface area (Å²) in [6.45, 7) is 4.56. The molecule has 1 fully saturated rings. The Morgan fingerprint density at radius 3 is 2.17 bits per heavy atom. The maximum Gasteiger partial charge on any atom is 0.00565 e. The number of nitrogens with two attached hydrogens (primary N) is 1. The largest absolute Gasteiger partial charge is 0.330 e. The zero-order chi connectivity index (χ0) is 12.4. The van der Waals surface area contributed by atoms with Crippen LogP contribution in [0.4, 0.5) is 0 Å². The van der Waals surface area contributed by atoms with Crippen molar-refractivity contribution in [1.82, 2.24) is 4.90 Å². The number of likely N-dealkylation sites (tertiary alicyclic amines) is 1. The molecule has 18 heavy (non-hydrogen) atoms. The molecule has 0 aromatic heterocycles. The molecule has 1 aliphatic heterocycles. The average molecular weight is 244 g/mol. The molecule has 3 rings (SSSR count).